The molecule has 0 aromatic carbocycles. The summed E-state index contributed by atoms with van der Waals surface area (Å²) in [5, 5.41) is 8.88. The fraction of sp³-hybridized carbons (Fsp3) is 0.556. The molecule has 2 aliphatic rings. The highest BCUT2D eigenvalue weighted by atomic mass is 35.5. The van der Waals surface area contributed by atoms with Crippen LogP contribution in [0.1, 0.15) is 60.1 Å². The molecular weight excluding hydrogens is 413 g/mol. The van der Waals surface area contributed by atoms with Crippen molar-refractivity contribution >= 4 is 34.7 Å². The van der Waals surface area contributed by atoms with Crippen LogP contribution in [0, 0.1) is 0 Å². The summed E-state index contributed by atoms with van der Waals surface area (Å²) >= 11 is 7.77. The fourth-order valence-electron chi connectivity index (χ4n) is 3.94. The van der Waals surface area contributed by atoms with Crippen molar-refractivity contribution in [3.05, 3.63) is 33.1 Å². The minimum atomic E-state index is -4.50. The summed E-state index contributed by atoms with van der Waals surface area (Å²) in [6.07, 6.45) is -1.95. The number of hydrogen-bond donors (Lipinski definition) is 1. The highest BCUT2D eigenvalue weighted by Crippen LogP contribution is 2.47. The van der Waals surface area contributed by atoms with Crippen LogP contribution in [0.25, 0.3) is 0 Å². The highest BCUT2D eigenvalue weighted by molar-refractivity contribution is 7.10. The number of halogens is 4. The zero-order valence-corrected chi connectivity index (χ0v) is 16.7. The second-order valence-electron chi connectivity index (χ2n) is 7.30. The summed E-state index contributed by atoms with van der Waals surface area (Å²) in [4.78, 5) is 15.4. The van der Waals surface area contributed by atoms with Gasteiger partial charge in [-0.15, -0.1) is 11.3 Å². The smallest absolute Gasteiger partial charge is 0.361 e. The van der Waals surface area contributed by atoms with Crippen LogP contribution in [-0.2, 0) is 0 Å². The number of hydrogen-bond acceptors (Lipinski definition) is 4. The van der Waals surface area contributed by atoms with E-state index >= 15 is 0 Å². The van der Waals surface area contributed by atoms with Gasteiger partial charge in [-0.05, 0) is 37.6 Å². The van der Waals surface area contributed by atoms with Crippen LogP contribution in [0.4, 0.5) is 19.0 Å². The van der Waals surface area contributed by atoms with Gasteiger partial charge in [-0.1, -0.05) is 17.7 Å². The van der Waals surface area contributed by atoms with Gasteiger partial charge in [-0.3, -0.25) is 4.79 Å². The van der Waals surface area contributed by atoms with Gasteiger partial charge in [0.25, 0.3) is 5.91 Å². The molecule has 4 rings (SSSR count). The number of nitrogens with one attached hydrogen (secondary N) is 1. The first-order chi connectivity index (χ1) is 13.3. The summed E-state index contributed by atoms with van der Waals surface area (Å²) in [6, 6.07) is 1.22. The normalized spacial score (nSPS) is 25.3. The third kappa shape index (κ3) is 3.39. The maximum Gasteiger partial charge on any atom is 0.410 e. The van der Waals surface area contributed by atoms with Crippen LogP contribution in [0.15, 0.2) is 17.5 Å². The number of carbonyl (C=O) groups excluding carboxylic acids is 1. The summed E-state index contributed by atoms with van der Waals surface area (Å²) in [7, 11) is 0. The SMILES string of the molecule is C[C@H]1CCCCN1C(=O)c1nn2c(c1Cl)N[C@@H](c1cccs1)C[C@H]2C(F)(F)F. The minimum Gasteiger partial charge on any atom is -0.361 e. The van der Waals surface area contributed by atoms with E-state index in [1.807, 2.05) is 12.3 Å². The van der Waals surface area contributed by atoms with Gasteiger partial charge in [0.15, 0.2) is 11.7 Å². The Morgan fingerprint density at radius 2 is 2.18 bits per heavy atom. The first-order valence-corrected chi connectivity index (χ1v) is 10.5. The third-order valence-electron chi connectivity index (χ3n) is 5.45. The molecule has 4 heterocycles. The van der Waals surface area contributed by atoms with Crippen molar-refractivity contribution in [2.75, 3.05) is 11.9 Å². The molecular formula is C18H20ClF3N4OS. The number of likely N-dealkylation sites (tertiary alicyclic amines) is 1. The number of amides is 1. The predicted octanol–water partition coefficient (Wildman–Crippen LogP) is 5.27. The number of fused-ring (bicyclic) bond motifs is 1. The number of carbonyl (C=O) groups is 1. The van der Waals surface area contributed by atoms with E-state index in [0.717, 1.165) is 28.8 Å². The van der Waals surface area contributed by atoms with Crippen LogP contribution >= 0.6 is 22.9 Å². The maximum atomic E-state index is 13.8. The van der Waals surface area contributed by atoms with Crippen LogP contribution in [0.3, 0.4) is 0 Å². The Hall–Kier alpha value is -1.74. The lowest BCUT2D eigenvalue weighted by Crippen LogP contribution is -2.42. The molecule has 2 aromatic rings. The number of alkyl halides is 3. The van der Waals surface area contributed by atoms with Crippen LogP contribution in [-0.4, -0.2) is 39.4 Å². The molecule has 0 radical (unpaired) electrons. The first kappa shape index (κ1) is 19.6. The van der Waals surface area contributed by atoms with Gasteiger partial charge in [0.05, 0.1) is 6.04 Å². The Labute approximate surface area is 169 Å². The van der Waals surface area contributed by atoms with E-state index in [9.17, 15) is 18.0 Å². The van der Waals surface area contributed by atoms with Crippen molar-refractivity contribution < 1.29 is 18.0 Å². The number of aromatic nitrogens is 2. The molecule has 0 bridgehead atoms. The maximum absolute atomic E-state index is 13.8. The van der Waals surface area contributed by atoms with Gasteiger partial charge in [0, 0.05) is 23.9 Å². The molecule has 28 heavy (non-hydrogen) atoms. The molecule has 1 fully saturated rings. The lowest BCUT2D eigenvalue weighted by molar-refractivity contribution is -0.173. The van der Waals surface area contributed by atoms with E-state index in [2.05, 4.69) is 10.4 Å². The van der Waals surface area contributed by atoms with E-state index < -0.39 is 24.2 Å². The summed E-state index contributed by atoms with van der Waals surface area (Å²) in [5.41, 5.74) is -0.112. The van der Waals surface area contributed by atoms with E-state index in [-0.39, 0.29) is 29.0 Å². The molecule has 152 valence electrons. The monoisotopic (exact) mass is 432 g/mol. The van der Waals surface area contributed by atoms with Crippen LogP contribution in [0.2, 0.25) is 5.02 Å². The third-order valence-corrected chi connectivity index (χ3v) is 6.79. The minimum absolute atomic E-state index is 0.0151. The Balaban J connectivity index is 1.73. The van der Waals surface area contributed by atoms with E-state index in [1.54, 1.807) is 17.0 Å². The Bertz CT molecular complexity index is 867. The molecule has 2 aliphatic heterocycles. The number of piperidine rings is 1. The molecule has 1 N–H and O–H groups in total. The van der Waals surface area contributed by atoms with Crippen LogP contribution in [0.5, 0.6) is 0 Å². The number of thiophene rings is 1. The Morgan fingerprint density at radius 3 is 2.82 bits per heavy atom. The number of nitrogens with zero attached hydrogens (tertiary/aromatic N) is 3. The lowest BCUT2D eigenvalue weighted by Gasteiger charge is -2.33. The molecule has 0 unspecified atom stereocenters. The van der Waals surface area contributed by atoms with E-state index in [4.69, 9.17) is 11.6 Å². The van der Waals surface area contributed by atoms with Crippen molar-refractivity contribution in [3.8, 4) is 0 Å². The van der Waals surface area contributed by atoms with Gasteiger partial charge in [0.2, 0.25) is 0 Å². The summed E-state index contributed by atoms with van der Waals surface area (Å²) in [6.45, 7) is 2.50. The lowest BCUT2D eigenvalue weighted by atomic mass is 10.0. The van der Waals surface area contributed by atoms with Crippen LogP contribution < -0.4 is 5.32 Å². The van der Waals surface area contributed by atoms with Crippen molar-refractivity contribution in [1.29, 1.82) is 0 Å². The molecule has 2 aromatic heterocycles. The van der Waals surface area contributed by atoms with Gasteiger partial charge < -0.3 is 10.2 Å². The molecule has 0 aliphatic carbocycles. The zero-order chi connectivity index (χ0) is 20.1. The highest BCUT2D eigenvalue weighted by Gasteiger charge is 2.48. The van der Waals surface area contributed by atoms with Gasteiger partial charge >= 0.3 is 6.18 Å². The topological polar surface area (TPSA) is 50.2 Å². The molecule has 1 saturated heterocycles. The molecule has 5 nitrogen and oxygen atoms in total. The number of anilines is 1. The van der Waals surface area contributed by atoms with E-state index in [1.165, 1.54) is 11.3 Å². The summed E-state index contributed by atoms with van der Waals surface area (Å²) < 4.78 is 42.2. The molecule has 1 amide bonds. The second kappa shape index (κ2) is 7.26. The fourth-order valence-corrected chi connectivity index (χ4v) is 4.99. The first-order valence-electron chi connectivity index (χ1n) is 9.23. The molecule has 0 spiro atoms. The van der Waals surface area contributed by atoms with Crippen molar-refractivity contribution in [2.24, 2.45) is 0 Å². The van der Waals surface area contributed by atoms with Gasteiger partial charge in [0.1, 0.15) is 10.8 Å². The quantitative estimate of drug-likeness (QED) is 0.703. The standard InChI is InChI=1S/C18H20ClF3N4OS/c1-10-5-2-3-7-25(10)17(27)15-14(19)16-23-11(12-6-4-8-28-12)9-13(18(20,21)22)26(16)24-15/h4,6,8,10-11,13,23H,2-3,5,7,9H2,1H3/t10-,11+,13-/m0/s1. The molecule has 0 saturated carbocycles. The zero-order valence-electron chi connectivity index (χ0n) is 15.2. The predicted molar refractivity (Wildman–Crippen MR) is 102 cm³/mol. The largest absolute Gasteiger partial charge is 0.410 e. The Kier molecular flexibility index (Phi) is 5.07. The van der Waals surface area contributed by atoms with Crippen molar-refractivity contribution in [2.45, 2.75) is 56.9 Å². The van der Waals surface area contributed by atoms with E-state index in [0.29, 0.717) is 6.54 Å². The number of rotatable bonds is 2. The van der Waals surface area contributed by atoms with Crippen molar-refractivity contribution in [1.82, 2.24) is 14.7 Å². The Morgan fingerprint density at radius 1 is 1.39 bits per heavy atom. The average Bonchev–Trinajstić information content (AvgIpc) is 3.29. The molecule has 3 atom stereocenters. The average molecular weight is 433 g/mol. The van der Waals surface area contributed by atoms with Gasteiger partial charge in [-0.25, -0.2) is 4.68 Å². The van der Waals surface area contributed by atoms with Crippen molar-refractivity contribution in [3.63, 3.8) is 0 Å². The second-order valence-corrected chi connectivity index (χ2v) is 8.66. The molecule has 10 heteroatoms. The van der Waals surface area contributed by atoms with Gasteiger partial charge in [-0.2, -0.15) is 18.3 Å². The summed E-state index contributed by atoms with van der Waals surface area (Å²) in [5.74, 6) is -0.351.